The van der Waals surface area contributed by atoms with Crippen LogP contribution in [0.4, 0.5) is 5.69 Å². The second-order valence-electron chi connectivity index (χ2n) is 7.41. The summed E-state index contributed by atoms with van der Waals surface area (Å²) in [6, 6.07) is 7.93. The van der Waals surface area contributed by atoms with Crippen LogP contribution in [0.2, 0.25) is 0 Å². The van der Waals surface area contributed by atoms with Crippen LogP contribution in [0.15, 0.2) is 29.3 Å². The lowest BCUT2D eigenvalue weighted by atomic mass is 10.0. The van der Waals surface area contributed by atoms with Crippen molar-refractivity contribution in [2.45, 2.75) is 32.2 Å². The Hall–Kier alpha value is -2.77. The maximum Gasteiger partial charge on any atom is 0.308 e. The smallest absolute Gasteiger partial charge is 0.308 e. The molecule has 152 valence electrons. The molecule has 1 fully saturated rings. The third-order valence-electron chi connectivity index (χ3n) is 5.22. The van der Waals surface area contributed by atoms with Crippen molar-refractivity contribution in [3.8, 4) is 0 Å². The summed E-state index contributed by atoms with van der Waals surface area (Å²) in [4.78, 5) is 29.8. The summed E-state index contributed by atoms with van der Waals surface area (Å²) in [5.41, 5.74) is 1.64. The molecule has 0 bridgehead atoms. The van der Waals surface area contributed by atoms with Crippen LogP contribution in [0.1, 0.15) is 36.5 Å². The first-order chi connectivity index (χ1) is 13.5. The minimum Gasteiger partial charge on any atom is -0.481 e. The Bertz CT molecular complexity index is 711. The maximum absolute atomic E-state index is 12.1. The van der Waals surface area contributed by atoms with Crippen molar-refractivity contribution in [2.24, 2.45) is 10.9 Å². The van der Waals surface area contributed by atoms with E-state index in [0.717, 1.165) is 57.1 Å². The molecule has 28 heavy (non-hydrogen) atoms. The number of amides is 1. The molecule has 0 spiro atoms. The second-order valence-corrected chi connectivity index (χ2v) is 7.41. The van der Waals surface area contributed by atoms with Crippen molar-refractivity contribution in [1.82, 2.24) is 16.0 Å². The Morgan fingerprint density at radius 1 is 1.29 bits per heavy atom. The summed E-state index contributed by atoms with van der Waals surface area (Å²) in [6.07, 6.45) is 3.17. The van der Waals surface area contributed by atoms with E-state index in [2.05, 4.69) is 25.8 Å². The first-order valence-electron chi connectivity index (χ1n) is 9.94. The molecule has 0 radical (unpaired) electrons. The number of carboxylic acids is 1. The van der Waals surface area contributed by atoms with Gasteiger partial charge < -0.3 is 26.0 Å². The first kappa shape index (κ1) is 20.0. The molecule has 0 unspecified atom stereocenters. The lowest BCUT2D eigenvalue weighted by Crippen LogP contribution is -2.50. The number of nitrogens with zero attached hydrogens (tertiary/aromatic N) is 2. The number of piperidine rings is 1. The van der Waals surface area contributed by atoms with Crippen molar-refractivity contribution < 1.29 is 14.7 Å². The van der Waals surface area contributed by atoms with Crippen molar-refractivity contribution in [2.75, 3.05) is 37.6 Å². The molecule has 3 rings (SSSR count). The fourth-order valence-electron chi connectivity index (χ4n) is 3.36. The van der Waals surface area contributed by atoms with Crippen molar-refractivity contribution in [1.29, 1.82) is 0 Å². The van der Waals surface area contributed by atoms with Crippen LogP contribution >= 0.6 is 0 Å². The van der Waals surface area contributed by atoms with Gasteiger partial charge in [0.1, 0.15) is 0 Å². The van der Waals surface area contributed by atoms with Gasteiger partial charge >= 0.3 is 5.97 Å². The summed E-state index contributed by atoms with van der Waals surface area (Å²) in [7, 11) is 0. The lowest BCUT2D eigenvalue weighted by Gasteiger charge is -2.35. The molecule has 1 atom stereocenters. The van der Waals surface area contributed by atoms with E-state index in [1.165, 1.54) is 0 Å². The van der Waals surface area contributed by atoms with E-state index >= 15 is 0 Å². The number of carbonyl (C=O) groups is 2. The highest BCUT2D eigenvalue weighted by molar-refractivity contribution is 5.94. The van der Waals surface area contributed by atoms with Crippen LogP contribution < -0.4 is 20.9 Å². The largest absolute Gasteiger partial charge is 0.481 e. The van der Waals surface area contributed by atoms with Gasteiger partial charge in [-0.3, -0.25) is 14.6 Å². The van der Waals surface area contributed by atoms with Crippen LogP contribution in [0.25, 0.3) is 0 Å². The predicted octanol–water partition coefficient (Wildman–Crippen LogP) is 1.04. The standard InChI is InChI=1S/C20H29N5O3/c1-14(19(27)28)13-23-18(26)15-3-5-17(6-4-15)25-11-7-16(8-12-25)24-20-21-9-2-10-22-20/h3-6,14,16H,2,7-13H2,1H3,(H,23,26)(H,27,28)(H2,21,22,24)/t14-/m1/s1. The van der Waals surface area contributed by atoms with Gasteiger partial charge in [-0.25, -0.2) is 0 Å². The maximum atomic E-state index is 12.1. The molecule has 0 aliphatic carbocycles. The Morgan fingerprint density at radius 3 is 2.61 bits per heavy atom. The SMILES string of the molecule is C[C@H](CNC(=O)c1ccc(N2CCC(NC3=NCCCN3)CC2)cc1)C(=O)O. The van der Waals surface area contributed by atoms with E-state index in [1.807, 2.05) is 12.1 Å². The number of benzene rings is 1. The zero-order valence-electron chi connectivity index (χ0n) is 16.3. The highest BCUT2D eigenvalue weighted by Gasteiger charge is 2.21. The van der Waals surface area contributed by atoms with Gasteiger partial charge in [0.25, 0.3) is 5.91 Å². The topological polar surface area (TPSA) is 106 Å². The van der Waals surface area contributed by atoms with Gasteiger partial charge in [-0.2, -0.15) is 0 Å². The van der Waals surface area contributed by atoms with Crippen molar-refractivity contribution in [3.63, 3.8) is 0 Å². The number of nitrogens with one attached hydrogen (secondary N) is 3. The van der Waals surface area contributed by atoms with E-state index in [4.69, 9.17) is 5.11 Å². The second kappa shape index (κ2) is 9.43. The molecule has 1 aromatic rings. The van der Waals surface area contributed by atoms with Gasteiger partial charge in [0, 0.05) is 50.0 Å². The number of carbonyl (C=O) groups excluding carboxylic acids is 1. The van der Waals surface area contributed by atoms with Crippen LogP contribution in [0, 0.1) is 5.92 Å². The van der Waals surface area contributed by atoms with E-state index in [-0.39, 0.29) is 12.5 Å². The number of guanidine groups is 1. The molecule has 1 saturated heterocycles. The lowest BCUT2D eigenvalue weighted by molar-refractivity contribution is -0.140. The number of hydrogen-bond donors (Lipinski definition) is 4. The molecule has 8 nitrogen and oxygen atoms in total. The number of rotatable bonds is 6. The molecule has 4 N–H and O–H groups in total. The van der Waals surface area contributed by atoms with Gasteiger partial charge in [0.05, 0.1) is 5.92 Å². The Morgan fingerprint density at radius 2 is 2.00 bits per heavy atom. The van der Waals surface area contributed by atoms with Gasteiger partial charge in [0.15, 0.2) is 5.96 Å². The van der Waals surface area contributed by atoms with Crippen molar-refractivity contribution >= 4 is 23.5 Å². The summed E-state index contributed by atoms with van der Waals surface area (Å²) in [6.45, 7) is 5.47. The molecular formula is C20H29N5O3. The van der Waals surface area contributed by atoms with Gasteiger partial charge in [-0.1, -0.05) is 6.92 Å². The number of aliphatic imine (C=N–C) groups is 1. The highest BCUT2D eigenvalue weighted by atomic mass is 16.4. The molecule has 8 heteroatoms. The molecule has 2 aliphatic heterocycles. The van der Waals surface area contributed by atoms with Crippen LogP contribution in [-0.2, 0) is 4.79 Å². The Kier molecular flexibility index (Phi) is 6.73. The third kappa shape index (κ3) is 5.37. The number of carboxylic acid groups (broad SMARTS) is 1. The fraction of sp³-hybridized carbons (Fsp3) is 0.550. The molecule has 0 saturated carbocycles. The minimum atomic E-state index is -0.917. The van der Waals surface area contributed by atoms with Crippen molar-refractivity contribution in [3.05, 3.63) is 29.8 Å². The van der Waals surface area contributed by atoms with Crippen LogP contribution in [0.5, 0.6) is 0 Å². The van der Waals surface area contributed by atoms with Gasteiger partial charge in [0.2, 0.25) is 0 Å². The van der Waals surface area contributed by atoms with E-state index in [1.54, 1.807) is 19.1 Å². The predicted molar refractivity (Wildman–Crippen MR) is 109 cm³/mol. The van der Waals surface area contributed by atoms with Crippen LogP contribution in [-0.4, -0.2) is 61.7 Å². The normalized spacial score (nSPS) is 18.6. The molecule has 0 aromatic heterocycles. The first-order valence-corrected chi connectivity index (χ1v) is 9.94. The Balaban J connectivity index is 1.47. The molecule has 2 heterocycles. The third-order valence-corrected chi connectivity index (χ3v) is 5.22. The summed E-state index contributed by atoms with van der Waals surface area (Å²) in [5, 5.41) is 18.4. The minimum absolute atomic E-state index is 0.122. The molecule has 1 amide bonds. The van der Waals surface area contributed by atoms with E-state index in [0.29, 0.717) is 11.6 Å². The summed E-state index contributed by atoms with van der Waals surface area (Å²) >= 11 is 0. The summed E-state index contributed by atoms with van der Waals surface area (Å²) < 4.78 is 0. The zero-order valence-corrected chi connectivity index (χ0v) is 16.3. The van der Waals surface area contributed by atoms with Crippen LogP contribution in [0.3, 0.4) is 0 Å². The summed E-state index contributed by atoms with van der Waals surface area (Å²) in [5.74, 6) is -0.839. The highest BCUT2D eigenvalue weighted by Crippen LogP contribution is 2.20. The zero-order chi connectivity index (χ0) is 19.9. The van der Waals surface area contributed by atoms with E-state index in [9.17, 15) is 9.59 Å². The average Bonchev–Trinajstić information content (AvgIpc) is 2.73. The number of anilines is 1. The fourth-order valence-corrected chi connectivity index (χ4v) is 3.36. The molecule has 2 aliphatic rings. The average molecular weight is 387 g/mol. The Labute approximate surface area is 165 Å². The quantitative estimate of drug-likeness (QED) is 0.581. The molecular weight excluding hydrogens is 358 g/mol. The van der Waals surface area contributed by atoms with Gasteiger partial charge in [-0.05, 0) is 43.5 Å². The van der Waals surface area contributed by atoms with Gasteiger partial charge in [-0.15, -0.1) is 0 Å². The number of hydrogen-bond acceptors (Lipinski definition) is 6. The number of aliphatic carboxylic acids is 1. The van der Waals surface area contributed by atoms with E-state index < -0.39 is 11.9 Å². The molecule has 1 aromatic carbocycles. The monoisotopic (exact) mass is 387 g/mol.